The second-order valence-electron chi connectivity index (χ2n) is 4.50. The molecule has 0 saturated carbocycles. The first-order chi connectivity index (χ1) is 10.1. The fourth-order valence-corrected chi connectivity index (χ4v) is 2.77. The Bertz CT molecular complexity index is 625. The van der Waals surface area contributed by atoms with Crippen molar-refractivity contribution in [1.29, 1.82) is 0 Å². The molecule has 6 heteroatoms. The van der Waals surface area contributed by atoms with Gasteiger partial charge in [0.1, 0.15) is 10.6 Å². The average Bonchev–Trinajstić information content (AvgIpc) is 2.80. The van der Waals surface area contributed by atoms with Crippen molar-refractivity contribution >= 4 is 22.4 Å². The van der Waals surface area contributed by atoms with Crippen LogP contribution in [0, 0.1) is 6.92 Å². The summed E-state index contributed by atoms with van der Waals surface area (Å²) in [5.74, 6) is -0.0595. The van der Waals surface area contributed by atoms with Crippen molar-refractivity contribution in [1.82, 2.24) is 4.98 Å². The number of esters is 1. The van der Waals surface area contributed by atoms with E-state index in [1.807, 2.05) is 12.1 Å². The van der Waals surface area contributed by atoms with Gasteiger partial charge in [0.25, 0.3) is 0 Å². The van der Waals surface area contributed by atoms with Crippen molar-refractivity contribution in [3.8, 4) is 5.75 Å². The molecule has 2 rings (SSSR count). The Hall–Kier alpha value is -2.08. The minimum absolute atomic E-state index is 0.266. The van der Waals surface area contributed by atoms with Crippen LogP contribution in [0.2, 0.25) is 0 Å². The first-order valence-electron chi connectivity index (χ1n) is 6.76. The summed E-state index contributed by atoms with van der Waals surface area (Å²) >= 11 is 1.30. The fourth-order valence-electron chi connectivity index (χ4n) is 1.88. The predicted octanol–water partition coefficient (Wildman–Crippen LogP) is 2.99. The van der Waals surface area contributed by atoms with Crippen LogP contribution in [0.15, 0.2) is 24.3 Å². The van der Waals surface area contributed by atoms with Gasteiger partial charge in [-0.15, -0.1) is 0 Å². The second-order valence-corrected chi connectivity index (χ2v) is 5.50. The van der Waals surface area contributed by atoms with Crippen molar-refractivity contribution in [3.05, 3.63) is 40.4 Å². The summed E-state index contributed by atoms with van der Waals surface area (Å²) in [6, 6.07) is 7.15. The number of thiazole rings is 1. The minimum Gasteiger partial charge on any atom is -0.508 e. The Balaban J connectivity index is 1.92. The summed E-state index contributed by atoms with van der Waals surface area (Å²) in [5.41, 5.74) is 1.72. The van der Waals surface area contributed by atoms with Crippen LogP contribution in [-0.2, 0) is 11.2 Å². The number of benzene rings is 1. The van der Waals surface area contributed by atoms with Crippen molar-refractivity contribution in [2.45, 2.75) is 20.3 Å². The van der Waals surface area contributed by atoms with Crippen LogP contribution in [0.3, 0.4) is 0 Å². The van der Waals surface area contributed by atoms with Gasteiger partial charge in [0.05, 0.1) is 12.3 Å². The number of phenols is 1. The number of aryl methyl sites for hydroxylation is 1. The van der Waals surface area contributed by atoms with Crippen molar-refractivity contribution in [2.24, 2.45) is 0 Å². The molecule has 1 aromatic heterocycles. The Morgan fingerprint density at radius 2 is 2.29 bits per heavy atom. The molecule has 0 aliphatic rings. The van der Waals surface area contributed by atoms with Gasteiger partial charge < -0.3 is 15.2 Å². The molecular weight excluding hydrogens is 288 g/mol. The van der Waals surface area contributed by atoms with Gasteiger partial charge in [-0.05, 0) is 38.0 Å². The number of hydrogen-bond donors (Lipinski definition) is 2. The fraction of sp³-hybridized carbons (Fsp3) is 0.333. The highest BCUT2D eigenvalue weighted by Crippen LogP contribution is 2.23. The molecule has 0 bridgehead atoms. The van der Waals surface area contributed by atoms with Gasteiger partial charge in [-0.1, -0.05) is 23.5 Å². The van der Waals surface area contributed by atoms with Crippen molar-refractivity contribution in [2.75, 3.05) is 18.5 Å². The van der Waals surface area contributed by atoms with E-state index in [9.17, 15) is 9.90 Å². The van der Waals surface area contributed by atoms with E-state index in [4.69, 9.17) is 4.74 Å². The quantitative estimate of drug-likeness (QED) is 0.803. The molecule has 1 heterocycles. The summed E-state index contributed by atoms with van der Waals surface area (Å²) in [6.45, 7) is 4.61. The van der Waals surface area contributed by atoms with E-state index >= 15 is 0 Å². The summed E-state index contributed by atoms with van der Waals surface area (Å²) in [4.78, 5) is 16.6. The molecule has 0 aliphatic carbocycles. The first kappa shape index (κ1) is 15.3. The van der Waals surface area contributed by atoms with E-state index in [0.29, 0.717) is 28.9 Å². The SMILES string of the molecule is CCOC(=O)c1sc(NCCc2cccc(O)c2)nc1C. The van der Waals surface area contributed by atoms with E-state index in [1.54, 1.807) is 26.0 Å². The van der Waals surface area contributed by atoms with Crippen LogP contribution in [0.25, 0.3) is 0 Å². The molecular formula is C15H18N2O3S. The number of rotatable bonds is 6. The third kappa shape index (κ3) is 4.19. The lowest BCUT2D eigenvalue weighted by atomic mass is 10.1. The molecule has 0 amide bonds. The summed E-state index contributed by atoms with van der Waals surface area (Å²) in [5, 5.41) is 13.3. The average molecular weight is 306 g/mol. The van der Waals surface area contributed by atoms with Gasteiger partial charge in [0.2, 0.25) is 0 Å². The van der Waals surface area contributed by atoms with Gasteiger partial charge in [0.15, 0.2) is 5.13 Å². The first-order valence-corrected chi connectivity index (χ1v) is 7.58. The molecule has 2 N–H and O–H groups in total. The number of carbonyl (C=O) groups excluding carboxylic acids is 1. The Labute approximate surface area is 127 Å². The number of carbonyl (C=O) groups is 1. The summed E-state index contributed by atoms with van der Waals surface area (Å²) in [6.07, 6.45) is 0.766. The van der Waals surface area contributed by atoms with E-state index in [-0.39, 0.29) is 11.7 Å². The highest BCUT2D eigenvalue weighted by molar-refractivity contribution is 7.17. The predicted molar refractivity (Wildman–Crippen MR) is 83.1 cm³/mol. The largest absolute Gasteiger partial charge is 0.508 e. The topological polar surface area (TPSA) is 71.5 Å². The third-order valence-electron chi connectivity index (χ3n) is 2.86. The zero-order valence-corrected chi connectivity index (χ0v) is 12.9. The van der Waals surface area contributed by atoms with Gasteiger partial charge >= 0.3 is 5.97 Å². The molecule has 112 valence electrons. The van der Waals surface area contributed by atoms with Crippen LogP contribution in [0.1, 0.15) is 27.9 Å². The second kappa shape index (κ2) is 7.08. The smallest absolute Gasteiger partial charge is 0.350 e. The zero-order chi connectivity index (χ0) is 15.2. The normalized spacial score (nSPS) is 10.4. The Kier molecular flexibility index (Phi) is 5.16. The number of aromatic hydroxyl groups is 1. The van der Waals surface area contributed by atoms with Crippen molar-refractivity contribution in [3.63, 3.8) is 0 Å². The summed E-state index contributed by atoms with van der Waals surface area (Å²) in [7, 11) is 0. The molecule has 0 aliphatic heterocycles. The number of nitrogens with one attached hydrogen (secondary N) is 1. The molecule has 0 fully saturated rings. The van der Waals surface area contributed by atoms with E-state index in [1.165, 1.54) is 11.3 Å². The molecule has 0 spiro atoms. The maximum atomic E-state index is 11.7. The number of hydrogen-bond acceptors (Lipinski definition) is 6. The van der Waals surface area contributed by atoms with E-state index < -0.39 is 0 Å². The number of aromatic nitrogens is 1. The molecule has 5 nitrogen and oxygen atoms in total. The van der Waals surface area contributed by atoms with Gasteiger partial charge in [-0.25, -0.2) is 9.78 Å². The highest BCUT2D eigenvalue weighted by Gasteiger charge is 2.15. The van der Waals surface area contributed by atoms with Gasteiger partial charge in [-0.2, -0.15) is 0 Å². The van der Waals surface area contributed by atoms with Gasteiger partial charge in [-0.3, -0.25) is 0 Å². The lowest BCUT2D eigenvalue weighted by Crippen LogP contribution is -2.04. The molecule has 21 heavy (non-hydrogen) atoms. The van der Waals surface area contributed by atoms with Crippen LogP contribution in [0.4, 0.5) is 5.13 Å². The molecule has 0 radical (unpaired) electrons. The lowest BCUT2D eigenvalue weighted by Gasteiger charge is -2.03. The molecule has 1 aromatic carbocycles. The Morgan fingerprint density at radius 3 is 3.00 bits per heavy atom. The lowest BCUT2D eigenvalue weighted by molar-refractivity contribution is 0.0531. The van der Waals surface area contributed by atoms with Crippen molar-refractivity contribution < 1.29 is 14.6 Å². The maximum absolute atomic E-state index is 11.7. The standard InChI is InChI=1S/C15H18N2O3S/c1-3-20-14(19)13-10(2)17-15(21-13)16-8-7-11-5-4-6-12(18)9-11/h4-6,9,18H,3,7-8H2,1-2H3,(H,16,17). The molecule has 0 unspecified atom stereocenters. The van der Waals surface area contributed by atoms with Crippen LogP contribution in [-0.4, -0.2) is 29.2 Å². The number of nitrogens with zero attached hydrogens (tertiary/aromatic N) is 1. The van der Waals surface area contributed by atoms with Gasteiger partial charge in [0, 0.05) is 6.54 Å². The van der Waals surface area contributed by atoms with Crippen LogP contribution >= 0.6 is 11.3 Å². The van der Waals surface area contributed by atoms with E-state index in [0.717, 1.165) is 12.0 Å². The third-order valence-corrected chi connectivity index (χ3v) is 3.95. The van der Waals surface area contributed by atoms with Crippen LogP contribution in [0.5, 0.6) is 5.75 Å². The number of anilines is 1. The summed E-state index contributed by atoms with van der Waals surface area (Å²) < 4.78 is 4.98. The number of ether oxygens (including phenoxy) is 1. The van der Waals surface area contributed by atoms with Crippen LogP contribution < -0.4 is 5.32 Å². The molecule has 2 aromatic rings. The zero-order valence-electron chi connectivity index (χ0n) is 12.0. The monoisotopic (exact) mass is 306 g/mol. The molecule has 0 saturated heterocycles. The maximum Gasteiger partial charge on any atom is 0.350 e. The molecule has 0 atom stereocenters. The Morgan fingerprint density at radius 1 is 1.48 bits per heavy atom. The minimum atomic E-state index is -0.325. The highest BCUT2D eigenvalue weighted by atomic mass is 32.1. The number of phenolic OH excluding ortho intramolecular Hbond substituents is 1. The van der Waals surface area contributed by atoms with E-state index in [2.05, 4.69) is 10.3 Å².